The van der Waals surface area contributed by atoms with Crippen molar-refractivity contribution < 1.29 is 28.0 Å². The molecule has 0 aromatic heterocycles. The van der Waals surface area contributed by atoms with Gasteiger partial charge in [-0.3, -0.25) is 0 Å². The second-order valence-electron chi connectivity index (χ2n) is 3.10. The van der Waals surface area contributed by atoms with Crippen LogP contribution in [-0.4, -0.2) is 23.5 Å². The standard InChI is InChI=1S/C9H10BF3O3/c1-2-6-4-3-5-7(8(6)10(14)15)16-9(11,12)13/h3-5,14-15H,2H2,1H3. The number of hydrogen-bond donors (Lipinski definition) is 2. The van der Waals surface area contributed by atoms with E-state index in [4.69, 9.17) is 10.0 Å². The number of benzene rings is 1. The van der Waals surface area contributed by atoms with Gasteiger partial charge in [0.15, 0.2) is 0 Å². The predicted molar refractivity (Wildman–Crippen MR) is 52.3 cm³/mol. The summed E-state index contributed by atoms with van der Waals surface area (Å²) in [4.78, 5) is 0. The first-order chi connectivity index (χ1) is 7.35. The molecular formula is C9H10BF3O3. The van der Waals surface area contributed by atoms with Crippen molar-refractivity contribution in [3.8, 4) is 5.75 Å². The van der Waals surface area contributed by atoms with Crippen molar-refractivity contribution in [1.82, 2.24) is 0 Å². The fourth-order valence-corrected chi connectivity index (χ4v) is 1.40. The van der Waals surface area contributed by atoms with Gasteiger partial charge in [0.05, 0.1) is 0 Å². The minimum atomic E-state index is -4.85. The summed E-state index contributed by atoms with van der Waals surface area (Å²) >= 11 is 0. The molecule has 16 heavy (non-hydrogen) atoms. The molecule has 88 valence electrons. The summed E-state index contributed by atoms with van der Waals surface area (Å²) in [7, 11) is -1.99. The summed E-state index contributed by atoms with van der Waals surface area (Å²) in [6.07, 6.45) is -4.47. The van der Waals surface area contributed by atoms with Crippen LogP contribution in [0, 0.1) is 0 Å². The number of ether oxygens (including phenoxy) is 1. The molecule has 0 saturated carbocycles. The van der Waals surface area contributed by atoms with Crippen LogP contribution in [0.4, 0.5) is 13.2 Å². The third kappa shape index (κ3) is 3.14. The Morgan fingerprint density at radius 1 is 1.31 bits per heavy atom. The average molecular weight is 234 g/mol. The summed E-state index contributed by atoms with van der Waals surface area (Å²) in [6, 6.07) is 3.92. The van der Waals surface area contributed by atoms with Crippen molar-refractivity contribution in [1.29, 1.82) is 0 Å². The molecule has 0 aliphatic rings. The Kier molecular flexibility index (Phi) is 3.82. The number of rotatable bonds is 3. The topological polar surface area (TPSA) is 49.7 Å². The van der Waals surface area contributed by atoms with Crippen molar-refractivity contribution >= 4 is 12.6 Å². The van der Waals surface area contributed by atoms with Gasteiger partial charge in [-0.15, -0.1) is 13.2 Å². The van der Waals surface area contributed by atoms with E-state index in [1.54, 1.807) is 6.92 Å². The van der Waals surface area contributed by atoms with Gasteiger partial charge in [0.25, 0.3) is 0 Å². The second kappa shape index (κ2) is 4.75. The van der Waals surface area contributed by atoms with Gasteiger partial charge in [0.1, 0.15) is 5.75 Å². The maximum Gasteiger partial charge on any atom is 0.573 e. The highest BCUT2D eigenvalue weighted by atomic mass is 19.4. The van der Waals surface area contributed by atoms with E-state index in [9.17, 15) is 13.2 Å². The normalized spacial score (nSPS) is 11.4. The molecule has 3 nitrogen and oxygen atoms in total. The van der Waals surface area contributed by atoms with Gasteiger partial charge in [-0.2, -0.15) is 0 Å². The Morgan fingerprint density at radius 3 is 2.38 bits per heavy atom. The molecule has 0 atom stereocenters. The molecule has 0 aliphatic carbocycles. The summed E-state index contributed by atoms with van der Waals surface area (Å²) in [5.74, 6) is -0.582. The number of halogens is 3. The fourth-order valence-electron chi connectivity index (χ4n) is 1.40. The predicted octanol–water partition coefficient (Wildman–Crippen LogP) is 0.827. The van der Waals surface area contributed by atoms with Crippen LogP contribution in [0.25, 0.3) is 0 Å². The van der Waals surface area contributed by atoms with Gasteiger partial charge in [-0.05, 0) is 18.1 Å². The zero-order valence-electron chi connectivity index (χ0n) is 8.45. The average Bonchev–Trinajstić information content (AvgIpc) is 2.14. The summed E-state index contributed by atoms with van der Waals surface area (Å²) in [5.41, 5.74) is 0.152. The molecule has 1 aromatic rings. The van der Waals surface area contributed by atoms with E-state index < -0.39 is 19.2 Å². The van der Waals surface area contributed by atoms with E-state index in [0.29, 0.717) is 12.0 Å². The van der Waals surface area contributed by atoms with Gasteiger partial charge in [-0.25, -0.2) is 0 Å². The minimum Gasteiger partial charge on any atom is -0.423 e. The number of aryl methyl sites for hydroxylation is 1. The van der Waals surface area contributed by atoms with Gasteiger partial charge in [0, 0.05) is 5.46 Å². The molecule has 0 fully saturated rings. The van der Waals surface area contributed by atoms with Crippen molar-refractivity contribution in [3.05, 3.63) is 23.8 Å². The molecule has 0 spiro atoms. The molecule has 0 saturated heterocycles. The first kappa shape index (κ1) is 12.9. The SMILES string of the molecule is CCc1cccc(OC(F)(F)F)c1B(O)O. The third-order valence-electron chi connectivity index (χ3n) is 2.02. The first-order valence-electron chi connectivity index (χ1n) is 4.58. The molecule has 0 bridgehead atoms. The fraction of sp³-hybridized carbons (Fsp3) is 0.333. The quantitative estimate of drug-likeness (QED) is 0.761. The Bertz CT molecular complexity index is 366. The highest BCUT2D eigenvalue weighted by Gasteiger charge is 2.34. The van der Waals surface area contributed by atoms with Crippen LogP contribution < -0.4 is 10.2 Å². The molecule has 0 radical (unpaired) electrons. The Morgan fingerprint density at radius 2 is 1.94 bits per heavy atom. The van der Waals surface area contributed by atoms with Crippen LogP contribution in [0.5, 0.6) is 5.75 Å². The summed E-state index contributed by atoms with van der Waals surface area (Å²) < 4.78 is 39.8. The van der Waals surface area contributed by atoms with Crippen LogP contribution in [0.3, 0.4) is 0 Å². The van der Waals surface area contributed by atoms with Crippen LogP contribution >= 0.6 is 0 Å². The van der Waals surface area contributed by atoms with E-state index in [2.05, 4.69) is 4.74 Å². The van der Waals surface area contributed by atoms with Gasteiger partial charge in [0.2, 0.25) is 0 Å². The Balaban J connectivity index is 3.17. The number of hydrogen-bond acceptors (Lipinski definition) is 3. The zero-order chi connectivity index (χ0) is 12.3. The van der Waals surface area contributed by atoms with E-state index in [0.717, 1.165) is 6.07 Å². The van der Waals surface area contributed by atoms with Crippen LogP contribution in [-0.2, 0) is 6.42 Å². The molecule has 0 unspecified atom stereocenters. The van der Waals surface area contributed by atoms with Gasteiger partial charge in [-0.1, -0.05) is 19.1 Å². The maximum atomic E-state index is 12.0. The highest BCUT2D eigenvalue weighted by molar-refractivity contribution is 6.60. The summed E-state index contributed by atoms with van der Waals surface area (Å²) in [5, 5.41) is 18.0. The van der Waals surface area contributed by atoms with E-state index >= 15 is 0 Å². The molecule has 1 aromatic carbocycles. The van der Waals surface area contributed by atoms with Gasteiger partial charge >= 0.3 is 13.5 Å². The summed E-state index contributed by atoms with van der Waals surface area (Å²) in [6.45, 7) is 1.69. The Hall–Kier alpha value is -1.21. The number of alkyl halides is 3. The molecule has 7 heteroatoms. The van der Waals surface area contributed by atoms with Crippen molar-refractivity contribution in [3.63, 3.8) is 0 Å². The third-order valence-corrected chi connectivity index (χ3v) is 2.02. The maximum absolute atomic E-state index is 12.0. The van der Waals surface area contributed by atoms with E-state index in [1.807, 2.05) is 0 Å². The van der Waals surface area contributed by atoms with Crippen LogP contribution in [0.15, 0.2) is 18.2 Å². The highest BCUT2D eigenvalue weighted by Crippen LogP contribution is 2.22. The molecule has 0 heterocycles. The van der Waals surface area contributed by atoms with E-state index in [1.165, 1.54) is 12.1 Å². The van der Waals surface area contributed by atoms with Crippen LogP contribution in [0.1, 0.15) is 12.5 Å². The second-order valence-corrected chi connectivity index (χ2v) is 3.10. The molecule has 2 N–H and O–H groups in total. The van der Waals surface area contributed by atoms with Crippen molar-refractivity contribution in [2.75, 3.05) is 0 Å². The molecule has 0 amide bonds. The zero-order valence-corrected chi connectivity index (χ0v) is 8.45. The first-order valence-corrected chi connectivity index (χ1v) is 4.58. The lowest BCUT2D eigenvalue weighted by Crippen LogP contribution is -2.36. The molecular weight excluding hydrogens is 224 g/mol. The van der Waals surface area contributed by atoms with E-state index in [-0.39, 0.29) is 5.46 Å². The lowest BCUT2D eigenvalue weighted by molar-refractivity contribution is -0.274. The molecule has 1 rings (SSSR count). The van der Waals surface area contributed by atoms with Crippen molar-refractivity contribution in [2.45, 2.75) is 19.7 Å². The van der Waals surface area contributed by atoms with Gasteiger partial charge < -0.3 is 14.8 Å². The largest absolute Gasteiger partial charge is 0.573 e. The monoisotopic (exact) mass is 234 g/mol. The van der Waals surface area contributed by atoms with Crippen LogP contribution in [0.2, 0.25) is 0 Å². The smallest absolute Gasteiger partial charge is 0.423 e. The lowest BCUT2D eigenvalue weighted by atomic mass is 9.75. The Labute approximate surface area is 90.6 Å². The minimum absolute atomic E-state index is 0.248. The molecule has 0 aliphatic heterocycles. The van der Waals surface area contributed by atoms with Crippen molar-refractivity contribution in [2.24, 2.45) is 0 Å². The lowest BCUT2D eigenvalue weighted by Gasteiger charge is -2.15.